The first-order valence-electron chi connectivity index (χ1n) is 12.5. The molecule has 0 saturated heterocycles. The third-order valence-electron chi connectivity index (χ3n) is 6.78. The minimum absolute atomic E-state index is 0.394. The van der Waals surface area contributed by atoms with Crippen molar-refractivity contribution in [1.82, 2.24) is 9.97 Å². The second-order valence-corrected chi connectivity index (χ2v) is 9.37. The van der Waals surface area contributed by atoms with Crippen LogP contribution in [0.1, 0.15) is 12.8 Å². The minimum Gasteiger partial charge on any atom is -0.496 e. The zero-order valence-electron chi connectivity index (χ0n) is 21.3. The van der Waals surface area contributed by atoms with Gasteiger partial charge in [0.05, 0.1) is 24.4 Å². The molecule has 6 rings (SSSR count). The van der Waals surface area contributed by atoms with Crippen molar-refractivity contribution in [3.63, 3.8) is 0 Å². The summed E-state index contributed by atoms with van der Waals surface area (Å²) < 4.78 is 30.3. The van der Waals surface area contributed by atoms with Crippen molar-refractivity contribution in [2.45, 2.75) is 12.8 Å². The summed E-state index contributed by atoms with van der Waals surface area (Å²) in [5.74, 6) is 1.04. The number of anilines is 2. The Labute approximate surface area is 228 Å². The van der Waals surface area contributed by atoms with Gasteiger partial charge in [-0.2, -0.15) is 0 Å². The van der Waals surface area contributed by atoms with Gasteiger partial charge in [-0.25, -0.2) is 9.37 Å². The molecule has 0 bridgehead atoms. The number of carbonyl (C=O) groups is 2. The predicted molar refractivity (Wildman–Crippen MR) is 146 cm³/mol. The zero-order chi connectivity index (χ0) is 27.7. The van der Waals surface area contributed by atoms with Crippen molar-refractivity contribution in [3.8, 4) is 28.6 Å². The summed E-state index contributed by atoms with van der Waals surface area (Å²) >= 11 is 0. The van der Waals surface area contributed by atoms with E-state index in [1.807, 2.05) is 6.07 Å². The summed E-state index contributed by atoms with van der Waals surface area (Å²) in [7, 11) is 1.57. The van der Waals surface area contributed by atoms with Gasteiger partial charge in [-0.05, 0) is 73.5 Å². The van der Waals surface area contributed by atoms with E-state index < -0.39 is 23.0 Å². The molecule has 40 heavy (non-hydrogen) atoms. The Morgan fingerprint density at radius 1 is 0.925 bits per heavy atom. The van der Waals surface area contributed by atoms with E-state index in [-0.39, 0.29) is 0 Å². The lowest BCUT2D eigenvalue weighted by Gasteiger charge is -2.16. The number of oxazole rings is 1. The molecule has 2 aromatic heterocycles. The number of hydrogen-bond donors (Lipinski definition) is 2. The fourth-order valence-corrected chi connectivity index (χ4v) is 4.40. The number of halogens is 1. The maximum atomic E-state index is 13.2. The van der Waals surface area contributed by atoms with Gasteiger partial charge in [-0.15, -0.1) is 0 Å². The maximum Gasteiger partial charge on any atom is 0.240 e. The van der Waals surface area contributed by atoms with E-state index in [0.717, 1.165) is 5.39 Å². The fraction of sp³-hybridized carbons (Fsp3) is 0.133. The molecule has 5 aromatic rings. The van der Waals surface area contributed by atoms with Crippen molar-refractivity contribution in [3.05, 3.63) is 91.3 Å². The van der Waals surface area contributed by atoms with Crippen molar-refractivity contribution in [2.75, 3.05) is 17.7 Å². The van der Waals surface area contributed by atoms with Crippen LogP contribution in [0.3, 0.4) is 0 Å². The summed E-state index contributed by atoms with van der Waals surface area (Å²) in [6.07, 6.45) is 5.46. The van der Waals surface area contributed by atoms with Crippen LogP contribution in [0.2, 0.25) is 0 Å². The number of methoxy groups -OCH3 is 1. The summed E-state index contributed by atoms with van der Waals surface area (Å²) in [6.45, 7) is 0. The maximum absolute atomic E-state index is 13.2. The van der Waals surface area contributed by atoms with Crippen molar-refractivity contribution in [1.29, 1.82) is 0 Å². The van der Waals surface area contributed by atoms with E-state index >= 15 is 0 Å². The van der Waals surface area contributed by atoms with Crippen LogP contribution in [0.5, 0.6) is 17.2 Å². The van der Waals surface area contributed by atoms with E-state index in [9.17, 15) is 14.0 Å². The average Bonchev–Trinajstić information content (AvgIpc) is 3.62. The van der Waals surface area contributed by atoms with Gasteiger partial charge in [0.15, 0.2) is 12.2 Å². The SMILES string of the molecule is COc1cc2nccc(Oc3ccc(NC(=O)C4(C(=O)Nc5ccc(F)cc5)CC4)cc3)c2cc1-c1cnco1. The molecule has 3 aromatic carbocycles. The standard InChI is InChI=1S/C30H23FN4O5/c1-38-26-15-24-22(14-23(26)27-16-32-17-39-27)25(10-13-33-24)40-21-8-6-20(7-9-21)35-29(37)30(11-12-30)28(36)34-19-4-2-18(31)3-5-19/h2-10,13-17H,11-12H2,1H3,(H,34,36)(H,35,37). The lowest BCUT2D eigenvalue weighted by atomic mass is 10.0. The highest BCUT2D eigenvalue weighted by atomic mass is 19.1. The Morgan fingerprint density at radius 2 is 1.60 bits per heavy atom. The van der Waals surface area contributed by atoms with Gasteiger partial charge < -0.3 is 24.5 Å². The third-order valence-corrected chi connectivity index (χ3v) is 6.78. The van der Waals surface area contributed by atoms with E-state index in [4.69, 9.17) is 13.9 Å². The highest BCUT2D eigenvalue weighted by molar-refractivity contribution is 6.16. The van der Waals surface area contributed by atoms with Crippen LogP contribution in [-0.2, 0) is 9.59 Å². The quantitative estimate of drug-likeness (QED) is 0.226. The molecule has 1 fully saturated rings. The summed E-state index contributed by atoms with van der Waals surface area (Å²) in [5, 5.41) is 6.27. The number of aromatic nitrogens is 2. The lowest BCUT2D eigenvalue weighted by molar-refractivity contribution is -0.131. The molecule has 0 spiro atoms. The van der Waals surface area contributed by atoms with Crippen LogP contribution in [0, 0.1) is 11.2 Å². The van der Waals surface area contributed by atoms with E-state index in [1.54, 1.807) is 55.9 Å². The molecule has 0 atom stereocenters. The normalized spacial score (nSPS) is 13.4. The lowest BCUT2D eigenvalue weighted by Crippen LogP contribution is -2.35. The van der Waals surface area contributed by atoms with Crippen LogP contribution in [0.15, 0.2) is 89.9 Å². The van der Waals surface area contributed by atoms with Crippen molar-refractivity contribution in [2.24, 2.45) is 5.41 Å². The first-order valence-corrected chi connectivity index (χ1v) is 12.5. The molecule has 2 amide bonds. The zero-order valence-corrected chi connectivity index (χ0v) is 21.3. The molecule has 9 nitrogen and oxygen atoms in total. The number of rotatable bonds is 8. The van der Waals surface area contributed by atoms with Gasteiger partial charge in [0.25, 0.3) is 0 Å². The number of amides is 2. The number of benzene rings is 3. The largest absolute Gasteiger partial charge is 0.496 e. The second kappa shape index (κ2) is 10.1. The average molecular weight is 539 g/mol. The first-order chi connectivity index (χ1) is 19.4. The molecule has 200 valence electrons. The molecule has 0 radical (unpaired) electrons. The topological polar surface area (TPSA) is 116 Å². The third kappa shape index (κ3) is 4.82. The highest BCUT2D eigenvalue weighted by Gasteiger charge is 2.56. The Balaban J connectivity index is 1.17. The predicted octanol–water partition coefficient (Wildman–Crippen LogP) is 6.19. The van der Waals surface area contributed by atoms with Gasteiger partial charge in [0, 0.05) is 29.0 Å². The molecule has 10 heteroatoms. The van der Waals surface area contributed by atoms with Gasteiger partial charge in [-0.3, -0.25) is 14.6 Å². The second-order valence-electron chi connectivity index (χ2n) is 9.37. The summed E-state index contributed by atoms with van der Waals surface area (Å²) in [6, 6.07) is 17.7. The van der Waals surface area contributed by atoms with Crippen LogP contribution < -0.4 is 20.1 Å². The van der Waals surface area contributed by atoms with Crippen molar-refractivity contribution < 1.29 is 27.9 Å². The Morgan fingerprint density at radius 3 is 2.20 bits per heavy atom. The molecule has 0 unspecified atom stereocenters. The highest BCUT2D eigenvalue weighted by Crippen LogP contribution is 2.47. The van der Waals surface area contributed by atoms with Crippen LogP contribution in [-0.4, -0.2) is 28.9 Å². The van der Waals surface area contributed by atoms with Crippen LogP contribution in [0.25, 0.3) is 22.2 Å². The van der Waals surface area contributed by atoms with Gasteiger partial charge in [0.2, 0.25) is 11.8 Å². The van der Waals surface area contributed by atoms with E-state index in [0.29, 0.717) is 58.3 Å². The minimum atomic E-state index is -1.15. The molecule has 2 heterocycles. The molecular weight excluding hydrogens is 515 g/mol. The number of ether oxygens (including phenoxy) is 2. The monoisotopic (exact) mass is 538 g/mol. The summed E-state index contributed by atoms with van der Waals surface area (Å²) in [4.78, 5) is 34.2. The number of hydrogen-bond acceptors (Lipinski definition) is 7. The van der Waals surface area contributed by atoms with Crippen molar-refractivity contribution >= 4 is 34.1 Å². The van der Waals surface area contributed by atoms with Gasteiger partial charge >= 0.3 is 0 Å². The number of fused-ring (bicyclic) bond motifs is 1. The number of carbonyl (C=O) groups excluding carboxylic acids is 2. The Bertz CT molecular complexity index is 1700. The Hall–Kier alpha value is -5.25. The fourth-order valence-electron chi connectivity index (χ4n) is 4.40. The molecule has 0 aliphatic heterocycles. The molecule has 1 aliphatic rings. The number of nitrogens with zero attached hydrogens (tertiary/aromatic N) is 2. The van der Waals surface area contributed by atoms with Crippen LogP contribution >= 0.6 is 0 Å². The number of pyridine rings is 1. The van der Waals surface area contributed by atoms with Gasteiger partial charge in [0.1, 0.15) is 28.5 Å². The number of nitrogens with one attached hydrogen (secondary N) is 2. The Kier molecular flexibility index (Phi) is 6.35. The molecule has 2 N–H and O–H groups in total. The first kappa shape index (κ1) is 25.1. The van der Waals surface area contributed by atoms with E-state index in [2.05, 4.69) is 20.6 Å². The molecule has 1 aliphatic carbocycles. The molecule has 1 saturated carbocycles. The van der Waals surface area contributed by atoms with Crippen LogP contribution in [0.4, 0.5) is 15.8 Å². The van der Waals surface area contributed by atoms with Gasteiger partial charge in [-0.1, -0.05) is 0 Å². The van der Waals surface area contributed by atoms with E-state index in [1.165, 1.54) is 30.7 Å². The molecular formula is C30H23FN4O5. The smallest absolute Gasteiger partial charge is 0.240 e. The summed E-state index contributed by atoms with van der Waals surface area (Å²) in [5.41, 5.74) is 1.19.